The van der Waals surface area contributed by atoms with E-state index in [0.717, 1.165) is 10.9 Å². The summed E-state index contributed by atoms with van der Waals surface area (Å²) in [5.41, 5.74) is 2.24. The smallest absolute Gasteiger partial charge is 0.0702 e. The first kappa shape index (κ1) is 9.66. The minimum atomic E-state index is 1.01. The fourth-order valence-corrected chi connectivity index (χ4v) is 1.47. The van der Waals surface area contributed by atoms with Crippen molar-refractivity contribution in [3.63, 3.8) is 0 Å². The van der Waals surface area contributed by atoms with Gasteiger partial charge in [0.1, 0.15) is 0 Å². The zero-order valence-corrected chi connectivity index (χ0v) is 8.72. The molecule has 0 saturated heterocycles. The quantitative estimate of drug-likeness (QED) is 0.625. The van der Waals surface area contributed by atoms with E-state index in [1.54, 1.807) is 0 Å². The van der Waals surface area contributed by atoms with Crippen LogP contribution >= 0.6 is 0 Å². The summed E-state index contributed by atoms with van der Waals surface area (Å²) >= 11 is 0. The van der Waals surface area contributed by atoms with Gasteiger partial charge in [-0.3, -0.25) is 4.98 Å². The van der Waals surface area contributed by atoms with E-state index in [4.69, 9.17) is 0 Å². The Balaban J connectivity index is 2.81. The summed E-state index contributed by atoms with van der Waals surface area (Å²) in [7, 11) is 0. The van der Waals surface area contributed by atoms with Gasteiger partial charge in [-0.05, 0) is 25.1 Å². The van der Waals surface area contributed by atoms with Crippen molar-refractivity contribution in [2.45, 2.75) is 6.92 Å². The molecule has 0 unspecified atom stereocenters. The first-order valence-corrected chi connectivity index (χ1v) is 5.01. The third kappa shape index (κ3) is 2.53. The average molecular weight is 195 g/mol. The molecular weight excluding hydrogens is 182 g/mol. The third-order valence-electron chi connectivity index (χ3n) is 2.20. The molecule has 0 bridgehead atoms. The fourth-order valence-electron chi connectivity index (χ4n) is 1.47. The molecule has 2 aromatic rings. The van der Waals surface area contributed by atoms with Gasteiger partial charge < -0.3 is 0 Å². The number of hydrogen-bond donors (Lipinski definition) is 0. The molecule has 0 spiro atoms. The molecule has 74 valence electrons. The Kier molecular flexibility index (Phi) is 2.93. The predicted molar refractivity (Wildman–Crippen MR) is 64.1 cm³/mol. The van der Waals surface area contributed by atoms with Gasteiger partial charge in [0, 0.05) is 11.6 Å². The zero-order chi connectivity index (χ0) is 10.5. The van der Waals surface area contributed by atoms with E-state index in [1.807, 2.05) is 42.6 Å². The summed E-state index contributed by atoms with van der Waals surface area (Å²) in [4.78, 5) is 4.39. The Morgan fingerprint density at radius 2 is 1.67 bits per heavy atom. The monoisotopic (exact) mass is 195 g/mol. The van der Waals surface area contributed by atoms with Crippen LogP contribution in [0.15, 0.2) is 60.8 Å². The molecule has 1 nitrogen and oxygen atoms in total. The minimum absolute atomic E-state index is 1.01. The summed E-state index contributed by atoms with van der Waals surface area (Å²) in [5.74, 6) is 0. The molecule has 1 aromatic carbocycles. The van der Waals surface area contributed by atoms with Crippen LogP contribution in [0.5, 0.6) is 0 Å². The predicted octanol–water partition coefficient (Wildman–Crippen LogP) is 3.67. The van der Waals surface area contributed by atoms with Gasteiger partial charge in [0.15, 0.2) is 0 Å². The molecule has 0 atom stereocenters. The van der Waals surface area contributed by atoms with Crippen LogP contribution < -0.4 is 0 Å². The summed E-state index contributed by atoms with van der Waals surface area (Å²) in [6.45, 7) is 2.09. The molecule has 0 saturated carbocycles. The number of nitrogens with zero attached hydrogens (tertiary/aromatic N) is 1. The van der Waals surface area contributed by atoms with Crippen LogP contribution in [0.4, 0.5) is 0 Å². The molecule has 15 heavy (non-hydrogen) atoms. The Morgan fingerprint density at radius 3 is 2.60 bits per heavy atom. The number of hydrogen-bond acceptors (Lipinski definition) is 1. The van der Waals surface area contributed by atoms with E-state index < -0.39 is 0 Å². The third-order valence-corrected chi connectivity index (χ3v) is 2.20. The van der Waals surface area contributed by atoms with Crippen LogP contribution in [-0.2, 0) is 0 Å². The molecule has 1 aromatic heterocycles. The molecule has 0 radical (unpaired) electrons. The fraction of sp³-hybridized carbons (Fsp3) is 0.0714. The lowest BCUT2D eigenvalue weighted by atomic mass is 10.2. The van der Waals surface area contributed by atoms with Crippen molar-refractivity contribution in [3.05, 3.63) is 66.4 Å². The van der Waals surface area contributed by atoms with Crippen molar-refractivity contribution in [2.24, 2.45) is 0 Å². The number of para-hydroxylation sites is 1. The molecule has 0 amide bonds. The molecule has 0 aliphatic carbocycles. The lowest BCUT2D eigenvalue weighted by molar-refractivity contribution is 1.42. The lowest BCUT2D eigenvalue weighted by Crippen LogP contribution is -1.73. The number of rotatable bonds is 0. The SMILES string of the molecule is Cc1cccccnc2ccccc2c1. The van der Waals surface area contributed by atoms with E-state index >= 15 is 0 Å². The molecule has 1 heteroatoms. The lowest BCUT2D eigenvalue weighted by Gasteiger charge is -1.92. The van der Waals surface area contributed by atoms with Crippen molar-refractivity contribution >= 4 is 10.9 Å². The van der Waals surface area contributed by atoms with Crippen LogP contribution in [0.25, 0.3) is 10.9 Å². The van der Waals surface area contributed by atoms with Crippen LogP contribution in [0.1, 0.15) is 5.56 Å². The van der Waals surface area contributed by atoms with Gasteiger partial charge in [-0.1, -0.05) is 42.0 Å². The van der Waals surface area contributed by atoms with E-state index in [9.17, 15) is 0 Å². The highest BCUT2D eigenvalue weighted by atomic mass is 14.6. The second-order valence-corrected chi connectivity index (χ2v) is 3.47. The minimum Gasteiger partial charge on any atom is -0.256 e. The summed E-state index contributed by atoms with van der Waals surface area (Å²) in [6.07, 6.45) is 1.82. The van der Waals surface area contributed by atoms with Crippen molar-refractivity contribution < 1.29 is 0 Å². The first-order valence-electron chi connectivity index (χ1n) is 5.01. The second kappa shape index (κ2) is 4.56. The van der Waals surface area contributed by atoms with Crippen molar-refractivity contribution in [3.8, 4) is 0 Å². The summed E-state index contributed by atoms with van der Waals surface area (Å²) in [5, 5.41) is 1.16. The molecule has 2 rings (SSSR count). The molecule has 0 N–H and O–H groups in total. The van der Waals surface area contributed by atoms with E-state index in [2.05, 4.69) is 30.1 Å². The van der Waals surface area contributed by atoms with E-state index in [-0.39, 0.29) is 0 Å². The molecule has 0 fully saturated rings. The molecule has 0 aliphatic heterocycles. The van der Waals surface area contributed by atoms with Crippen LogP contribution in [0, 0.1) is 6.92 Å². The standard InChI is InChI=1S/C14H13N/c1-12-7-3-2-6-10-15-14-9-5-4-8-13(14)11-12/h2-11H,1H3. The van der Waals surface area contributed by atoms with Crippen LogP contribution in [0.3, 0.4) is 0 Å². The van der Waals surface area contributed by atoms with Gasteiger partial charge in [0.05, 0.1) is 5.52 Å². The Labute approximate surface area is 89.7 Å². The largest absolute Gasteiger partial charge is 0.256 e. The maximum absolute atomic E-state index is 4.39. The van der Waals surface area contributed by atoms with Crippen LogP contribution in [-0.4, -0.2) is 4.98 Å². The second-order valence-electron chi connectivity index (χ2n) is 3.47. The van der Waals surface area contributed by atoms with Crippen molar-refractivity contribution in [2.75, 3.05) is 0 Å². The molecule has 1 heterocycles. The summed E-state index contributed by atoms with van der Waals surface area (Å²) < 4.78 is 0. The highest BCUT2D eigenvalue weighted by Gasteiger charge is 1.87. The van der Waals surface area contributed by atoms with E-state index in [0.29, 0.717) is 0 Å². The van der Waals surface area contributed by atoms with Gasteiger partial charge >= 0.3 is 0 Å². The Hall–Kier alpha value is -1.89. The normalized spacial score (nSPS) is 9.67. The van der Waals surface area contributed by atoms with Gasteiger partial charge in [-0.25, -0.2) is 0 Å². The molecule has 0 aliphatic rings. The van der Waals surface area contributed by atoms with Gasteiger partial charge in [-0.15, -0.1) is 0 Å². The van der Waals surface area contributed by atoms with Gasteiger partial charge in [-0.2, -0.15) is 0 Å². The highest BCUT2D eigenvalue weighted by Crippen LogP contribution is 2.08. The molecular formula is C14H13N. The Bertz CT molecular complexity index is 516. The number of aromatic nitrogens is 1. The van der Waals surface area contributed by atoms with Gasteiger partial charge in [0.2, 0.25) is 0 Å². The maximum Gasteiger partial charge on any atom is 0.0702 e. The summed E-state index contributed by atoms with van der Waals surface area (Å²) in [6, 6.07) is 18.3. The van der Waals surface area contributed by atoms with Crippen LogP contribution in [0.2, 0.25) is 0 Å². The number of benzene rings is 1. The van der Waals surface area contributed by atoms with Gasteiger partial charge in [0.25, 0.3) is 0 Å². The Morgan fingerprint density at radius 1 is 0.867 bits per heavy atom. The van der Waals surface area contributed by atoms with Crippen molar-refractivity contribution in [1.82, 2.24) is 4.98 Å². The topological polar surface area (TPSA) is 12.9 Å². The van der Waals surface area contributed by atoms with E-state index in [1.165, 1.54) is 5.56 Å². The van der Waals surface area contributed by atoms with Crippen molar-refractivity contribution in [1.29, 1.82) is 0 Å². The average Bonchev–Trinajstić information content (AvgIpc) is 2.25. The highest BCUT2D eigenvalue weighted by molar-refractivity contribution is 5.77. The number of aryl methyl sites for hydroxylation is 1. The first-order chi connectivity index (χ1) is 7.36. The maximum atomic E-state index is 4.39. The number of fused-ring (bicyclic) bond motifs is 1. The zero-order valence-electron chi connectivity index (χ0n) is 8.72.